The van der Waals surface area contributed by atoms with Crippen LogP contribution in [-0.2, 0) is 16.6 Å². The van der Waals surface area contributed by atoms with Crippen LogP contribution in [0.15, 0.2) is 66.9 Å². The van der Waals surface area contributed by atoms with Gasteiger partial charge in [-0.3, -0.25) is 4.31 Å². The van der Waals surface area contributed by atoms with Crippen molar-refractivity contribution in [2.75, 3.05) is 17.2 Å². The molecule has 0 saturated heterocycles. The van der Waals surface area contributed by atoms with Crippen LogP contribution in [0.2, 0.25) is 5.15 Å². The van der Waals surface area contributed by atoms with Gasteiger partial charge < -0.3 is 9.47 Å². The van der Waals surface area contributed by atoms with Crippen LogP contribution < -0.4 is 13.8 Å². The van der Waals surface area contributed by atoms with E-state index in [2.05, 4.69) is 4.98 Å². The molecule has 1 aromatic heterocycles. The van der Waals surface area contributed by atoms with E-state index >= 15 is 0 Å². The molecule has 2 aromatic carbocycles. The van der Waals surface area contributed by atoms with Gasteiger partial charge in [-0.05, 0) is 49.4 Å². The number of ether oxygens (including phenoxy) is 2. The summed E-state index contributed by atoms with van der Waals surface area (Å²) in [5.74, 6) is 1.71. The molecule has 0 bridgehead atoms. The van der Waals surface area contributed by atoms with Crippen molar-refractivity contribution in [3.63, 3.8) is 0 Å². The fraction of sp³-hybridized carbons (Fsp3) is 0.190. The molecule has 0 saturated carbocycles. The molecule has 0 atom stereocenters. The third-order valence-corrected chi connectivity index (χ3v) is 6.35. The number of rotatable bonds is 8. The molecule has 0 amide bonds. The minimum absolute atomic E-state index is 0.0374. The van der Waals surface area contributed by atoms with Gasteiger partial charge in [-0.2, -0.15) is 0 Å². The normalized spacial score (nSPS) is 11.1. The van der Waals surface area contributed by atoms with E-state index in [1.54, 1.807) is 68.8 Å². The first-order chi connectivity index (χ1) is 13.9. The molecule has 6 nitrogen and oxygen atoms in total. The van der Waals surface area contributed by atoms with Gasteiger partial charge in [0.1, 0.15) is 10.9 Å². The number of halogens is 1. The van der Waals surface area contributed by atoms with Gasteiger partial charge in [-0.15, -0.1) is 0 Å². The predicted molar refractivity (Wildman–Crippen MR) is 114 cm³/mol. The fourth-order valence-electron chi connectivity index (χ4n) is 2.71. The molecule has 152 valence electrons. The van der Waals surface area contributed by atoms with Crippen molar-refractivity contribution in [2.24, 2.45) is 0 Å². The van der Waals surface area contributed by atoms with Crippen molar-refractivity contribution in [1.29, 1.82) is 0 Å². The van der Waals surface area contributed by atoms with E-state index in [-0.39, 0.29) is 17.5 Å². The summed E-state index contributed by atoms with van der Waals surface area (Å²) in [4.78, 5) is 4.02. The van der Waals surface area contributed by atoms with Gasteiger partial charge in [0.25, 0.3) is 0 Å². The van der Waals surface area contributed by atoms with Crippen molar-refractivity contribution in [2.45, 2.75) is 13.5 Å². The average molecular weight is 433 g/mol. The number of pyridine rings is 1. The summed E-state index contributed by atoms with van der Waals surface area (Å²) in [6.45, 7) is 1.70. The number of sulfonamides is 1. The predicted octanol–water partition coefficient (Wildman–Crippen LogP) is 4.89. The second-order valence-corrected chi connectivity index (χ2v) is 8.65. The number of anilines is 1. The van der Waals surface area contributed by atoms with Crippen molar-refractivity contribution in [1.82, 2.24) is 4.98 Å². The van der Waals surface area contributed by atoms with Gasteiger partial charge in [0.15, 0.2) is 11.5 Å². The van der Waals surface area contributed by atoms with E-state index in [4.69, 9.17) is 21.1 Å². The van der Waals surface area contributed by atoms with E-state index in [0.29, 0.717) is 28.5 Å². The van der Waals surface area contributed by atoms with E-state index in [1.165, 1.54) is 4.31 Å². The molecule has 0 N–H and O–H groups in total. The Balaban J connectivity index is 1.88. The zero-order valence-electron chi connectivity index (χ0n) is 16.1. The maximum atomic E-state index is 12.7. The number of aromatic nitrogens is 1. The van der Waals surface area contributed by atoms with E-state index in [0.717, 1.165) is 0 Å². The topological polar surface area (TPSA) is 68.7 Å². The monoisotopic (exact) mass is 432 g/mol. The van der Waals surface area contributed by atoms with Crippen molar-refractivity contribution >= 4 is 27.3 Å². The summed E-state index contributed by atoms with van der Waals surface area (Å²) in [7, 11) is -1.95. The first-order valence-corrected chi connectivity index (χ1v) is 10.9. The second-order valence-electron chi connectivity index (χ2n) is 6.11. The maximum Gasteiger partial charge on any atom is 0.235 e. The Morgan fingerprint density at radius 1 is 1.00 bits per heavy atom. The molecule has 0 aliphatic heterocycles. The summed E-state index contributed by atoms with van der Waals surface area (Å²) in [6.07, 6.45) is 1.56. The van der Waals surface area contributed by atoms with Crippen LogP contribution in [0.4, 0.5) is 5.69 Å². The van der Waals surface area contributed by atoms with Gasteiger partial charge in [-0.1, -0.05) is 29.8 Å². The summed E-state index contributed by atoms with van der Waals surface area (Å²) in [5.41, 5.74) is 1.14. The number of nitrogens with zero attached hydrogens (tertiary/aromatic N) is 2. The Morgan fingerprint density at radius 3 is 2.31 bits per heavy atom. The van der Waals surface area contributed by atoms with Crippen LogP contribution in [0.5, 0.6) is 17.2 Å². The van der Waals surface area contributed by atoms with Gasteiger partial charge in [0.2, 0.25) is 10.0 Å². The Labute approximate surface area is 175 Å². The number of hydrogen-bond donors (Lipinski definition) is 0. The van der Waals surface area contributed by atoms with Gasteiger partial charge in [-0.25, -0.2) is 13.4 Å². The van der Waals surface area contributed by atoms with E-state index in [1.807, 2.05) is 12.1 Å². The largest absolute Gasteiger partial charge is 0.493 e. The molecule has 1 heterocycles. The maximum absolute atomic E-state index is 12.7. The Bertz CT molecular complexity index is 1070. The lowest BCUT2D eigenvalue weighted by Gasteiger charge is -2.24. The standard InChI is InChI=1S/C21H21ClN2O4S/c1-3-29(25,26)24(15-16-7-6-14-23-21(16)22)17-10-12-18(13-11-17)28-20-9-5-4-8-19(20)27-2/h4-14H,3,15H2,1-2H3. The zero-order chi connectivity index (χ0) is 20.9. The molecule has 0 aliphatic rings. The van der Waals surface area contributed by atoms with Crippen LogP contribution in [-0.4, -0.2) is 26.3 Å². The lowest BCUT2D eigenvalue weighted by atomic mass is 10.2. The molecule has 0 unspecified atom stereocenters. The smallest absolute Gasteiger partial charge is 0.235 e. The number of para-hydroxylation sites is 2. The molecule has 0 spiro atoms. The molecule has 0 aliphatic carbocycles. The van der Waals surface area contributed by atoms with Crippen LogP contribution in [0.25, 0.3) is 0 Å². The number of methoxy groups -OCH3 is 1. The third kappa shape index (κ3) is 4.99. The van der Waals surface area contributed by atoms with Crippen molar-refractivity contribution < 1.29 is 17.9 Å². The number of benzene rings is 2. The molecule has 3 aromatic rings. The summed E-state index contributed by atoms with van der Waals surface area (Å²) in [6, 6.07) is 17.6. The number of hydrogen-bond acceptors (Lipinski definition) is 5. The molecular weight excluding hydrogens is 412 g/mol. The zero-order valence-corrected chi connectivity index (χ0v) is 17.7. The highest BCUT2D eigenvalue weighted by atomic mass is 35.5. The molecule has 0 fully saturated rings. The van der Waals surface area contributed by atoms with Crippen molar-refractivity contribution in [3.05, 3.63) is 77.6 Å². The third-order valence-electron chi connectivity index (χ3n) is 4.27. The Kier molecular flexibility index (Phi) is 6.61. The quantitative estimate of drug-likeness (QED) is 0.474. The lowest BCUT2D eigenvalue weighted by Crippen LogP contribution is -2.32. The highest BCUT2D eigenvalue weighted by Crippen LogP contribution is 2.32. The van der Waals surface area contributed by atoms with Crippen LogP contribution >= 0.6 is 11.6 Å². The first-order valence-electron chi connectivity index (χ1n) is 8.95. The summed E-state index contributed by atoms with van der Waals surface area (Å²) in [5, 5.41) is 0.278. The summed E-state index contributed by atoms with van der Waals surface area (Å²) >= 11 is 6.13. The Hall–Kier alpha value is -2.77. The lowest BCUT2D eigenvalue weighted by molar-refractivity contribution is 0.379. The molecule has 8 heteroatoms. The molecule has 0 radical (unpaired) electrons. The first kappa shape index (κ1) is 21.0. The minimum Gasteiger partial charge on any atom is -0.493 e. The van der Waals surface area contributed by atoms with Crippen molar-refractivity contribution in [3.8, 4) is 17.2 Å². The van der Waals surface area contributed by atoms with E-state index in [9.17, 15) is 8.42 Å². The van der Waals surface area contributed by atoms with Crippen LogP contribution in [0, 0.1) is 0 Å². The Morgan fingerprint density at radius 2 is 1.69 bits per heavy atom. The summed E-state index contributed by atoms with van der Waals surface area (Å²) < 4.78 is 37.8. The average Bonchev–Trinajstić information content (AvgIpc) is 2.74. The second kappa shape index (κ2) is 9.15. The molecular formula is C21H21ClN2O4S. The van der Waals surface area contributed by atoms with Gasteiger partial charge in [0, 0.05) is 11.8 Å². The minimum atomic E-state index is -3.52. The highest BCUT2D eigenvalue weighted by molar-refractivity contribution is 7.92. The van der Waals surface area contributed by atoms with Crippen LogP contribution in [0.1, 0.15) is 12.5 Å². The fourth-order valence-corrected chi connectivity index (χ4v) is 3.98. The molecule has 29 heavy (non-hydrogen) atoms. The van der Waals surface area contributed by atoms with Gasteiger partial charge in [0.05, 0.1) is 25.1 Å². The van der Waals surface area contributed by atoms with Crippen LogP contribution in [0.3, 0.4) is 0 Å². The SMILES string of the molecule is CCS(=O)(=O)N(Cc1cccnc1Cl)c1ccc(Oc2ccccc2OC)cc1. The van der Waals surface area contributed by atoms with Gasteiger partial charge >= 0.3 is 0 Å². The van der Waals surface area contributed by atoms with E-state index < -0.39 is 10.0 Å². The highest BCUT2D eigenvalue weighted by Gasteiger charge is 2.22. The molecule has 3 rings (SSSR count).